The Hall–Kier alpha value is -2.25. The normalized spacial score (nSPS) is 16.5. The van der Waals surface area contributed by atoms with Crippen molar-refractivity contribution in [2.24, 2.45) is 5.92 Å². The Kier molecular flexibility index (Phi) is 4.50. The Labute approximate surface area is 158 Å². The van der Waals surface area contributed by atoms with Crippen LogP contribution in [0, 0.1) is 5.92 Å². The van der Waals surface area contributed by atoms with Crippen LogP contribution < -0.4 is 10.9 Å². The summed E-state index contributed by atoms with van der Waals surface area (Å²) in [5.41, 5.74) is 1.34. The molecule has 134 valence electrons. The molecule has 0 radical (unpaired) electrons. The van der Waals surface area contributed by atoms with E-state index in [2.05, 4.69) is 22.6 Å². The molecule has 2 aromatic heterocycles. The van der Waals surface area contributed by atoms with Gasteiger partial charge in [0.05, 0.1) is 16.1 Å². The number of fused-ring (bicyclic) bond motifs is 3. The second-order valence-corrected chi connectivity index (χ2v) is 8.10. The first-order chi connectivity index (χ1) is 12.5. The van der Waals surface area contributed by atoms with Gasteiger partial charge in [-0.05, 0) is 42.9 Å². The lowest BCUT2D eigenvalue weighted by molar-refractivity contribution is -0.117. The third-order valence-corrected chi connectivity index (χ3v) is 6.09. The number of nitrogens with zero attached hydrogens (tertiary/aromatic N) is 3. The maximum absolute atomic E-state index is 12.9. The SMILES string of the molecule is C[C@H]1CCc2c(sc3nnn(CC(=O)Nc4ccccc4Cl)c(=O)c23)C1. The Morgan fingerprint density at radius 3 is 3.04 bits per heavy atom. The van der Waals surface area contributed by atoms with E-state index in [0.29, 0.717) is 26.8 Å². The molecule has 1 aromatic carbocycles. The molecule has 1 atom stereocenters. The molecule has 3 aromatic rings. The molecule has 4 rings (SSSR count). The lowest BCUT2D eigenvalue weighted by atomic mass is 9.89. The number of carbonyl (C=O) groups excluding carboxylic acids is 1. The first-order valence-electron chi connectivity index (χ1n) is 8.45. The van der Waals surface area contributed by atoms with E-state index < -0.39 is 0 Å². The van der Waals surface area contributed by atoms with Gasteiger partial charge < -0.3 is 5.32 Å². The summed E-state index contributed by atoms with van der Waals surface area (Å²) in [6.07, 6.45) is 2.92. The van der Waals surface area contributed by atoms with Crippen molar-refractivity contribution >= 4 is 44.7 Å². The number of rotatable bonds is 3. The molecule has 0 spiro atoms. The molecule has 8 heteroatoms. The van der Waals surface area contributed by atoms with Gasteiger partial charge in [-0.1, -0.05) is 35.9 Å². The van der Waals surface area contributed by atoms with Crippen LogP contribution in [0.15, 0.2) is 29.1 Å². The van der Waals surface area contributed by atoms with Gasteiger partial charge >= 0.3 is 0 Å². The van der Waals surface area contributed by atoms with Gasteiger partial charge in [-0.15, -0.1) is 16.4 Å². The third kappa shape index (κ3) is 3.12. The van der Waals surface area contributed by atoms with Crippen molar-refractivity contribution < 1.29 is 4.79 Å². The van der Waals surface area contributed by atoms with Crippen LogP contribution in [-0.2, 0) is 24.2 Å². The molecular formula is C18H17ClN4O2S. The lowest BCUT2D eigenvalue weighted by Gasteiger charge is -2.17. The number of aryl methyl sites for hydroxylation is 1. The molecule has 2 heterocycles. The van der Waals surface area contributed by atoms with Crippen LogP contribution in [0.1, 0.15) is 23.8 Å². The minimum absolute atomic E-state index is 0.200. The van der Waals surface area contributed by atoms with E-state index in [9.17, 15) is 9.59 Å². The minimum atomic E-state index is -0.369. The van der Waals surface area contributed by atoms with Crippen LogP contribution in [0.2, 0.25) is 5.02 Å². The number of aromatic nitrogens is 3. The number of benzene rings is 1. The van der Waals surface area contributed by atoms with Gasteiger partial charge in [-0.3, -0.25) is 9.59 Å². The summed E-state index contributed by atoms with van der Waals surface area (Å²) in [5, 5.41) is 11.9. The van der Waals surface area contributed by atoms with E-state index in [1.54, 1.807) is 35.6 Å². The van der Waals surface area contributed by atoms with Crippen molar-refractivity contribution in [2.45, 2.75) is 32.7 Å². The van der Waals surface area contributed by atoms with Crippen molar-refractivity contribution in [2.75, 3.05) is 5.32 Å². The number of halogens is 1. The Morgan fingerprint density at radius 1 is 1.42 bits per heavy atom. The van der Waals surface area contributed by atoms with Crippen molar-refractivity contribution in [3.63, 3.8) is 0 Å². The average molecular weight is 389 g/mol. The number of amides is 1. The monoisotopic (exact) mass is 388 g/mol. The van der Waals surface area contributed by atoms with Crippen LogP contribution in [0.5, 0.6) is 0 Å². The molecule has 1 N–H and O–H groups in total. The van der Waals surface area contributed by atoms with Crippen molar-refractivity contribution in [3.8, 4) is 0 Å². The molecule has 6 nitrogen and oxygen atoms in total. The summed E-state index contributed by atoms with van der Waals surface area (Å²) in [4.78, 5) is 27.0. The summed E-state index contributed by atoms with van der Waals surface area (Å²) in [6, 6.07) is 6.95. The van der Waals surface area contributed by atoms with E-state index >= 15 is 0 Å². The number of thiophene rings is 1. The molecule has 0 saturated carbocycles. The summed E-state index contributed by atoms with van der Waals surface area (Å²) in [5.74, 6) is 0.249. The van der Waals surface area contributed by atoms with Crippen LogP contribution in [-0.4, -0.2) is 20.9 Å². The van der Waals surface area contributed by atoms with E-state index in [-0.39, 0.29) is 18.0 Å². The lowest BCUT2D eigenvalue weighted by Crippen LogP contribution is -2.30. The van der Waals surface area contributed by atoms with Gasteiger partial charge in [-0.2, -0.15) is 0 Å². The zero-order valence-corrected chi connectivity index (χ0v) is 15.7. The molecule has 0 bridgehead atoms. The molecule has 1 aliphatic carbocycles. The van der Waals surface area contributed by atoms with Crippen LogP contribution in [0.25, 0.3) is 10.2 Å². The van der Waals surface area contributed by atoms with Crippen LogP contribution >= 0.6 is 22.9 Å². The predicted octanol–water partition coefficient (Wildman–Crippen LogP) is 3.27. The Bertz CT molecular complexity index is 1060. The number of hydrogen-bond donors (Lipinski definition) is 1. The Morgan fingerprint density at radius 2 is 2.23 bits per heavy atom. The topological polar surface area (TPSA) is 76.9 Å². The molecule has 26 heavy (non-hydrogen) atoms. The van der Waals surface area contributed by atoms with Gasteiger partial charge in [0.1, 0.15) is 6.54 Å². The molecule has 1 amide bonds. The summed E-state index contributed by atoms with van der Waals surface area (Å²) in [7, 11) is 0. The highest BCUT2D eigenvalue weighted by Crippen LogP contribution is 2.35. The highest BCUT2D eigenvalue weighted by molar-refractivity contribution is 7.18. The first kappa shape index (κ1) is 17.2. The fourth-order valence-corrected chi connectivity index (χ4v) is 4.78. The largest absolute Gasteiger partial charge is 0.323 e. The number of hydrogen-bond acceptors (Lipinski definition) is 5. The maximum Gasteiger partial charge on any atom is 0.279 e. The number of nitrogens with one attached hydrogen (secondary N) is 1. The summed E-state index contributed by atoms with van der Waals surface area (Å²) < 4.78 is 1.12. The van der Waals surface area contributed by atoms with Crippen molar-refractivity contribution in [1.82, 2.24) is 15.0 Å². The van der Waals surface area contributed by atoms with E-state index in [1.807, 2.05) is 0 Å². The van der Waals surface area contributed by atoms with Gasteiger partial charge in [0.25, 0.3) is 5.56 Å². The highest BCUT2D eigenvalue weighted by Gasteiger charge is 2.24. The maximum atomic E-state index is 12.9. The zero-order chi connectivity index (χ0) is 18.3. The third-order valence-electron chi connectivity index (χ3n) is 4.63. The molecule has 0 aliphatic heterocycles. The van der Waals surface area contributed by atoms with Gasteiger partial charge in [0, 0.05) is 4.88 Å². The first-order valence-corrected chi connectivity index (χ1v) is 9.65. The van der Waals surface area contributed by atoms with E-state index in [4.69, 9.17) is 11.6 Å². The molecule has 0 saturated heterocycles. The fraction of sp³-hybridized carbons (Fsp3) is 0.333. The molecule has 0 unspecified atom stereocenters. The van der Waals surface area contributed by atoms with Crippen molar-refractivity contribution in [3.05, 3.63) is 50.1 Å². The molecule has 0 fully saturated rings. The zero-order valence-electron chi connectivity index (χ0n) is 14.2. The quantitative estimate of drug-likeness (QED) is 0.747. The fourth-order valence-electron chi connectivity index (χ4n) is 3.28. The standard InChI is InChI=1S/C18H17ClN4O2S/c1-10-6-7-11-14(8-10)26-17-16(11)18(25)23(22-21-17)9-15(24)20-13-5-3-2-4-12(13)19/h2-5,10H,6-9H2,1H3,(H,20,24)/t10-/m0/s1. The predicted molar refractivity (Wildman–Crippen MR) is 103 cm³/mol. The Balaban J connectivity index is 1.63. The summed E-state index contributed by atoms with van der Waals surface area (Å²) in [6.45, 7) is 2.02. The summed E-state index contributed by atoms with van der Waals surface area (Å²) >= 11 is 7.59. The van der Waals surface area contributed by atoms with E-state index in [1.165, 1.54) is 4.88 Å². The highest BCUT2D eigenvalue weighted by atomic mass is 35.5. The number of anilines is 1. The van der Waals surface area contributed by atoms with Gasteiger partial charge in [0.2, 0.25) is 5.91 Å². The van der Waals surface area contributed by atoms with E-state index in [0.717, 1.165) is 29.5 Å². The molecule has 1 aliphatic rings. The smallest absolute Gasteiger partial charge is 0.279 e. The van der Waals surface area contributed by atoms with Crippen LogP contribution in [0.4, 0.5) is 5.69 Å². The average Bonchev–Trinajstić information content (AvgIpc) is 2.97. The van der Waals surface area contributed by atoms with Crippen LogP contribution in [0.3, 0.4) is 0 Å². The second kappa shape index (κ2) is 6.81. The molecular weight excluding hydrogens is 372 g/mol. The minimum Gasteiger partial charge on any atom is -0.323 e. The van der Waals surface area contributed by atoms with Gasteiger partial charge in [-0.25, -0.2) is 4.68 Å². The van der Waals surface area contributed by atoms with Gasteiger partial charge in [0.15, 0.2) is 4.83 Å². The second-order valence-electron chi connectivity index (χ2n) is 6.61. The number of carbonyl (C=O) groups is 1. The van der Waals surface area contributed by atoms with Crippen molar-refractivity contribution in [1.29, 1.82) is 0 Å². The number of para-hydroxylation sites is 1.